The van der Waals surface area contributed by atoms with E-state index in [4.69, 9.17) is 0 Å². The molecule has 0 saturated heterocycles. The third-order valence-electron chi connectivity index (χ3n) is 3.67. The van der Waals surface area contributed by atoms with E-state index in [1.54, 1.807) is 12.1 Å². The van der Waals surface area contributed by atoms with Crippen LogP contribution in [0.25, 0.3) is 0 Å². The SMILES string of the molecule is Cc1ccc(Nc2ccc3c(c2)CCCN3)c([N+](=O)[O-])c1. The van der Waals surface area contributed by atoms with Crippen LogP contribution in [-0.2, 0) is 6.42 Å². The van der Waals surface area contributed by atoms with Crippen LogP contribution >= 0.6 is 0 Å². The van der Waals surface area contributed by atoms with Gasteiger partial charge in [0.1, 0.15) is 5.69 Å². The molecule has 0 bridgehead atoms. The Hall–Kier alpha value is -2.56. The zero-order valence-electron chi connectivity index (χ0n) is 11.8. The van der Waals surface area contributed by atoms with Gasteiger partial charge in [-0.25, -0.2) is 0 Å². The second kappa shape index (κ2) is 5.44. The predicted octanol–water partition coefficient (Wildman–Crippen LogP) is 4.00. The van der Waals surface area contributed by atoms with Crippen molar-refractivity contribution in [1.29, 1.82) is 0 Å². The van der Waals surface area contributed by atoms with Crippen LogP contribution in [0.5, 0.6) is 0 Å². The van der Waals surface area contributed by atoms with Crippen molar-refractivity contribution in [3.63, 3.8) is 0 Å². The summed E-state index contributed by atoms with van der Waals surface area (Å²) >= 11 is 0. The summed E-state index contributed by atoms with van der Waals surface area (Å²) in [6.45, 7) is 2.85. The lowest BCUT2D eigenvalue weighted by Gasteiger charge is -2.19. The molecule has 1 heterocycles. The maximum Gasteiger partial charge on any atom is 0.292 e. The van der Waals surface area contributed by atoms with Gasteiger partial charge >= 0.3 is 0 Å². The number of nitrogens with zero attached hydrogens (tertiary/aromatic N) is 1. The molecule has 0 aliphatic carbocycles. The number of nitro benzene ring substituents is 1. The average molecular weight is 283 g/mol. The minimum absolute atomic E-state index is 0.103. The molecule has 2 N–H and O–H groups in total. The normalized spacial score (nSPS) is 13.2. The summed E-state index contributed by atoms with van der Waals surface area (Å²) in [6.07, 6.45) is 2.15. The quantitative estimate of drug-likeness (QED) is 0.660. The molecule has 0 radical (unpaired) electrons. The van der Waals surface area contributed by atoms with Gasteiger partial charge in [-0.15, -0.1) is 0 Å². The molecule has 1 aliphatic rings. The van der Waals surface area contributed by atoms with Crippen LogP contribution in [0.3, 0.4) is 0 Å². The molecule has 0 saturated carbocycles. The Balaban J connectivity index is 1.92. The molecule has 0 fully saturated rings. The van der Waals surface area contributed by atoms with Crippen molar-refractivity contribution < 1.29 is 4.92 Å². The van der Waals surface area contributed by atoms with Crippen LogP contribution < -0.4 is 10.6 Å². The van der Waals surface area contributed by atoms with Gasteiger partial charge in [0, 0.05) is 24.0 Å². The smallest absolute Gasteiger partial charge is 0.292 e. The fourth-order valence-electron chi connectivity index (χ4n) is 2.61. The first kappa shape index (κ1) is 13.4. The van der Waals surface area contributed by atoms with E-state index in [1.807, 2.05) is 25.1 Å². The van der Waals surface area contributed by atoms with E-state index in [2.05, 4.69) is 16.7 Å². The summed E-state index contributed by atoms with van der Waals surface area (Å²) in [5.74, 6) is 0. The lowest BCUT2D eigenvalue weighted by atomic mass is 10.0. The van der Waals surface area contributed by atoms with Gasteiger partial charge in [-0.1, -0.05) is 6.07 Å². The Morgan fingerprint density at radius 2 is 2.10 bits per heavy atom. The number of nitrogens with one attached hydrogen (secondary N) is 2. The number of hydrogen-bond acceptors (Lipinski definition) is 4. The molecule has 0 unspecified atom stereocenters. The summed E-state index contributed by atoms with van der Waals surface area (Å²) in [6, 6.07) is 11.2. The minimum Gasteiger partial charge on any atom is -0.385 e. The third-order valence-corrected chi connectivity index (χ3v) is 3.67. The van der Waals surface area contributed by atoms with Crippen LogP contribution in [0.4, 0.5) is 22.7 Å². The number of anilines is 3. The molecule has 108 valence electrons. The molecule has 1 aliphatic heterocycles. The molecular weight excluding hydrogens is 266 g/mol. The van der Waals surface area contributed by atoms with Crippen molar-refractivity contribution in [3.05, 3.63) is 57.6 Å². The molecule has 3 rings (SSSR count). The van der Waals surface area contributed by atoms with Gasteiger partial charge in [0.05, 0.1) is 4.92 Å². The van der Waals surface area contributed by atoms with Crippen molar-refractivity contribution in [3.8, 4) is 0 Å². The molecule has 0 atom stereocenters. The molecule has 0 spiro atoms. The Bertz CT molecular complexity index is 698. The number of nitro groups is 1. The van der Waals surface area contributed by atoms with E-state index in [0.717, 1.165) is 36.3 Å². The first-order valence-electron chi connectivity index (χ1n) is 7.02. The fraction of sp³-hybridized carbons (Fsp3) is 0.250. The van der Waals surface area contributed by atoms with E-state index in [-0.39, 0.29) is 10.6 Å². The Kier molecular flexibility index (Phi) is 3.48. The van der Waals surface area contributed by atoms with Crippen LogP contribution in [0, 0.1) is 17.0 Å². The van der Waals surface area contributed by atoms with Crippen LogP contribution in [0.15, 0.2) is 36.4 Å². The zero-order valence-corrected chi connectivity index (χ0v) is 11.8. The van der Waals surface area contributed by atoms with Gasteiger partial charge in [0.15, 0.2) is 0 Å². The largest absolute Gasteiger partial charge is 0.385 e. The van der Waals surface area contributed by atoms with E-state index in [9.17, 15) is 10.1 Å². The predicted molar refractivity (Wildman–Crippen MR) is 84.4 cm³/mol. The molecule has 5 heteroatoms. The lowest BCUT2D eigenvalue weighted by molar-refractivity contribution is -0.384. The van der Waals surface area contributed by atoms with Gasteiger partial charge in [0.2, 0.25) is 0 Å². The highest BCUT2D eigenvalue weighted by molar-refractivity contribution is 5.72. The molecule has 2 aromatic rings. The van der Waals surface area contributed by atoms with Crippen molar-refractivity contribution in [1.82, 2.24) is 0 Å². The van der Waals surface area contributed by atoms with Gasteiger partial charge in [-0.3, -0.25) is 10.1 Å². The van der Waals surface area contributed by atoms with Crippen molar-refractivity contribution in [2.24, 2.45) is 0 Å². The number of fused-ring (bicyclic) bond motifs is 1. The number of rotatable bonds is 3. The molecule has 5 nitrogen and oxygen atoms in total. The molecular formula is C16H17N3O2. The first-order chi connectivity index (χ1) is 10.1. The van der Waals surface area contributed by atoms with Crippen LogP contribution in [0.1, 0.15) is 17.5 Å². The summed E-state index contributed by atoms with van der Waals surface area (Å²) < 4.78 is 0. The summed E-state index contributed by atoms with van der Waals surface area (Å²) in [5, 5.41) is 17.7. The van der Waals surface area contributed by atoms with Gasteiger partial charge in [-0.05, 0) is 55.2 Å². The number of hydrogen-bond donors (Lipinski definition) is 2. The van der Waals surface area contributed by atoms with E-state index in [1.165, 1.54) is 5.56 Å². The minimum atomic E-state index is -0.352. The second-order valence-corrected chi connectivity index (χ2v) is 5.30. The molecule has 0 aromatic heterocycles. The molecule has 21 heavy (non-hydrogen) atoms. The van der Waals surface area contributed by atoms with Crippen LogP contribution in [-0.4, -0.2) is 11.5 Å². The van der Waals surface area contributed by atoms with E-state index >= 15 is 0 Å². The lowest BCUT2D eigenvalue weighted by Crippen LogP contribution is -2.11. The average Bonchev–Trinajstić information content (AvgIpc) is 2.49. The van der Waals surface area contributed by atoms with E-state index in [0.29, 0.717) is 5.69 Å². The zero-order chi connectivity index (χ0) is 14.8. The molecule has 2 aromatic carbocycles. The maximum absolute atomic E-state index is 11.2. The third kappa shape index (κ3) is 2.81. The van der Waals surface area contributed by atoms with Gasteiger partial charge < -0.3 is 10.6 Å². The Labute approximate surface area is 123 Å². The topological polar surface area (TPSA) is 67.2 Å². The fourth-order valence-corrected chi connectivity index (χ4v) is 2.61. The highest BCUT2D eigenvalue weighted by Gasteiger charge is 2.15. The van der Waals surface area contributed by atoms with Gasteiger partial charge in [-0.2, -0.15) is 0 Å². The first-order valence-corrected chi connectivity index (χ1v) is 7.02. The number of benzene rings is 2. The standard InChI is InChI=1S/C16H17N3O2/c1-11-4-6-15(16(9-11)19(20)21)18-13-5-7-14-12(10-13)3-2-8-17-14/h4-7,9-10,17-18H,2-3,8H2,1H3. The van der Waals surface area contributed by atoms with E-state index < -0.39 is 0 Å². The highest BCUT2D eigenvalue weighted by atomic mass is 16.6. The van der Waals surface area contributed by atoms with Gasteiger partial charge in [0.25, 0.3) is 5.69 Å². The summed E-state index contributed by atoms with van der Waals surface area (Å²) in [4.78, 5) is 10.8. The highest BCUT2D eigenvalue weighted by Crippen LogP contribution is 2.31. The van der Waals surface area contributed by atoms with Crippen molar-refractivity contribution >= 4 is 22.7 Å². The monoisotopic (exact) mass is 283 g/mol. The van der Waals surface area contributed by atoms with Crippen LogP contribution in [0.2, 0.25) is 0 Å². The summed E-state index contributed by atoms with van der Waals surface area (Å²) in [5.41, 5.74) is 4.79. The number of aryl methyl sites for hydroxylation is 2. The van der Waals surface area contributed by atoms with Crippen molar-refractivity contribution in [2.75, 3.05) is 17.2 Å². The Morgan fingerprint density at radius 3 is 2.90 bits per heavy atom. The second-order valence-electron chi connectivity index (χ2n) is 5.30. The maximum atomic E-state index is 11.2. The van der Waals surface area contributed by atoms with Crippen molar-refractivity contribution in [2.45, 2.75) is 19.8 Å². The molecule has 0 amide bonds. The Morgan fingerprint density at radius 1 is 1.24 bits per heavy atom. The summed E-state index contributed by atoms with van der Waals surface area (Å²) in [7, 11) is 0.